The second-order valence-corrected chi connectivity index (χ2v) is 11.6. The lowest BCUT2D eigenvalue weighted by Crippen LogP contribution is -2.47. The smallest absolute Gasteiger partial charge is 0.232 e. The number of ether oxygens (including phenoxy) is 13. The third-order valence-corrected chi connectivity index (χ3v) is 9.07. The standard InChI is InChI=1S/C34H38O14/c1-36-14-27-28(17-7-8-20(37-2)22(9-17)39-4)47-24-11-21(38-3)18(10-23(24)46-27)29-19-13-42-33(34(19,35)15-43-29)48-31-25(40-5)12-26-30(32(31)41-6)45-16-44-26/h7-12,19,27-29,33,35H,13-16H2,1-6H3/t19-,27-,28-,29-,33-,34-/m0/s1. The molecule has 3 aromatic rings. The number of rotatable bonds is 11. The highest BCUT2D eigenvalue weighted by Crippen LogP contribution is 2.56. The molecule has 2 saturated heterocycles. The van der Waals surface area contributed by atoms with Gasteiger partial charge in [0.05, 0.1) is 67.4 Å². The SMILES string of the molecule is COC[C@@H]1Oc2cc([C@@H]3OC[C@@]4(O)[C@H](Oc5c(OC)cc6c(c5OC)OCO6)OC[C@@H]34)c(OC)cc2O[C@H]1c1ccc(OC)c(OC)c1. The summed E-state index contributed by atoms with van der Waals surface area (Å²) in [6, 6.07) is 10.8. The van der Waals surface area contributed by atoms with Crippen molar-refractivity contribution in [2.75, 3.05) is 69.3 Å². The molecule has 258 valence electrons. The summed E-state index contributed by atoms with van der Waals surface area (Å²) < 4.78 is 76.1. The van der Waals surface area contributed by atoms with Gasteiger partial charge < -0.3 is 66.7 Å². The summed E-state index contributed by atoms with van der Waals surface area (Å²) in [5.41, 5.74) is -0.0617. The first-order valence-electron chi connectivity index (χ1n) is 15.3. The third-order valence-electron chi connectivity index (χ3n) is 9.07. The Hall–Kier alpha value is -4.50. The predicted molar refractivity (Wildman–Crippen MR) is 165 cm³/mol. The predicted octanol–water partition coefficient (Wildman–Crippen LogP) is 3.84. The zero-order valence-electron chi connectivity index (χ0n) is 27.4. The summed E-state index contributed by atoms with van der Waals surface area (Å²) in [5, 5.41) is 12.0. The fourth-order valence-corrected chi connectivity index (χ4v) is 6.67. The summed E-state index contributed by atoms with van der Waals surface area (Å²) in [6.45, 7) is 0.335. The molecule has 4 aliphatic heterocycles. The van der Waals surface area contributed by atoms with E-state index in [0.29, 0.717) is 51.6 Å². The fourth-order valence-electron chi connectivity index (χ4n) is 6.67. The lowest BCUT2D eigenvalue weighted by Gasteiger charge is -2.35. The van der Waals surface area contributed by atoms with Crippen LogP contribution in [0.25, 0.3) is 0 Å². The summed E-state index contributed by atoms with van der Waals surface area (Å²) in [5.74, 6) is 3.70. The van der Waals surface area contributed by atoms with Gasteiger partial charge in [-0.05, 0) is 18.2 Å². The van der Waals surface area contributed by atoms with Crippen LogP contribution in [0.2, 0.25) is 0 Å². The van der Waals surface area contributed by atoms with Gasteiger partial charge in [-0.25, -0.2) is 0 Å². The van der Waals surface area contributed by atoms with Crippen LogP contribution >= 0.6 is 0 Å². The van der Waals surface area contributed by atoms with E-state index in [-0.39, 0.29) is 38.1 Å². The van der Waals surface area contributed by atoms with Gasteiger partial charge in [-0.1, -0.05) is 6.07 Å². The molecule has 48 heavy (non-hydrogen) atoms. The molecule has 2 fully saturated rings. The molecule has 6 atom stereocenters. The lowest BCUT2D eigenvalue weighted by molar-refractivity contribution is -0.153. The van der Waals surface area contributed by atoms with Crippen LogP contribution in [0.5, 0.6) is 57.5 Å². The van der Waals surface area contributed by atoms with Crippen LogP contribution in [0, 0.1) is 5.92 Å². The average Bonchev–Trinajstić information content (AvgIpc) is 3.80. The van der Waals surface area contributed by atoms with Gasteiger partial charge in [0.15, 0.2) is 52.3 Å². The van der Waals surface area contributed by atoms with Crippen molar-refractivity contribution in [2.45, 2.75) is 30.2 Å². The van der Waals surface area contributed by atoms with Crippen LogP contribution in [0.4, 0.5) is 0 Å². The molecule has 0 unspecified atom stereocenters. The summed E-state index contributed by atoms with van der Waals surface area (Å²) in [4.78, 5) is 0. The number of hydrogen-bond acceptors (Lipinski definition) is 14. The molecule has 1 N–H and O–H groups in total. The van der Waals surface area contributed by atoms with Crippen molar-refractivity contribution in [3.05, 3.63) is 47.5 Å². The maximum Gasteiger partial charge on any atom is 0.232 e. The molecular weight excluding hydrogens is 632 g/mol. The summed E-state index contributed by atoms with van der Waals surface area (Å²) in [7, 11) is 9.29. The third kappa shape index (κ3) is 5.19. The van der Waals surface area contributed by atoms with Crippen LogP contribution in [-0.4, -0.2) is 92.4 Å². The summed E-state index contributed by atoms with van der Waals surface area (Å²) >= 11 is 0. The Kier molecular flexibility index (Phi) is 8.58. The Bertz CT molecular complexity index is 1660. The van der Waals surface area contributed by atoms with Crippen molar-refractivity contribution in [2.24, 2.45) is 5.92 Å². The largest absolute Gasteiger partial charge is 0.496 e. The number of fused-ring (bicyclic) bond motifs is 3. The molecule has 4 aliphatic rings. The Balaban J connectivity index is 1.17. The first-order chi connectivity index (χ1) is 23.4. The molecule has 0 amide bonds. The molecular formula is C34H38O14. The molecule has 7 rings (SSSR count). The molecule has 0 radical (unpaired) electrons. The van der Waals surface area contributed by atoms with Crippen LogP contribution in [-0.2, 0) is 14.2 Å². The van der Waals surface area contributed by atoms with E-state index in [1.54, 1.807) is 40.6 Å². The molecule has 0 spiro atoms. The van der Waals surface area contributed by atoms with E-state index < -0.39 is 36.1 Å². The van der Waals surface area contributed by atoms with E-state index in [0.717, 1.165) is 5.56 Å². The Morgan fingerprint density at radius 2 is 1.48 bits per heavy atom. The quantitative estimate of drug-likeness (QED) is 0.316. The minimum absolute atomic E-state index is 0.0280. The molecule has 0 aromatic heterocycles. The van der Waals surface area contributed by atoms with Gasteiger partial charge in [0.1, 0.15) is 5.75 Å². The van der Waals surface area contributed by atoms with E-state index in [4.69, 9.17) is 61.6 Å². The van der Waals surface area contributed by atoms with Gasteiger partial charge >= 0.3 is 0 Å². The topological polar surface area (TPSA) is 140 Å². The van der Waals surface area contributed by atoms with Crippen molar-refractivity contribution in [3.8, 4) is 57.5 Å². The number of aliphatic hydroxyl groups is 1. The van der Waals surface area contributed by atoms with Gasteiger partial charge in [-0.15, -0.1) is 0 Å². The second kappa shape index (κ2) is 12.8. The molecule has 14 nitrogen and oxygen atoms in total. The van der Waals surface area contributed by atoms with E-state index in [2.05, 4.69) is 0 Å². The number of benzene rings is 3. The number of methoxy groups -OCH3 is 6. The Labute approximate surface area is 277 Å². The molecule has 0 aliphatic carbocycles. The van der Waals surface area contributed by atoms with Crippen molar-refractivity contribution in [1.82, 2.24) is 0 Å². The van der Waals surface area contributed by atoms with E-state index >= 15 is 0 Å². The van der Waals surface area contributed by atoms with E-state index in [1.165, 1.54) is 14.2 Å². The number of hydrogen-bond donors (Lipinski definition) is 1. The minimum Gasteiger partial charge on any atom is -0.496 e. The molecule has 4 heterocycles. The second-order valence-electron chi connectivity index (χ2n) is 11.6. The normalized spacial score (nSPS) is 26.5. The van der Waals surface area contributed by atoms with Gasteiger partial charge in [0, 0.05) is 30.4 Å². The van der Waals surface area contributed by atoms with Crippen molar-refractivity contribution < 1.29 is 66.7 Å². The summed E-state index contributed by atoms with van der Waals surface area (Å²) in [6.07, 6.45) is -2.76. The zero-order chi connectivity index (χ0) is 33.6. The van der Waals surface area contributed by atoms with Crippen LogP contribution in [0.3, 0.4) is 0 Å². The first-order valence-corrected chi connectivity index (χ1v) is 15.3. The van der Waals surface area contributed by atoms with E-state index in [9.17, 15) is 5.11 Å². The Morgan fingerprint density at radius 1 is 0.729 bits per heavy atom. The highest BCUT2D eigenvalue weighted by atomic mass is 16.7. The lowest BCUT2D eigenvalue weighted by atomic mass is 9.85. The van der Waals surface area contributed by atoms with Gasteiger partial charge in [0.25, 0.3) is 0 Å². The zero-order valence-corrected chi connectivity index (χ0v) is 27.4. The first kappa shape index (κ1) is 32.1. The molecule has 3 aromatic carbocycles. The van der Waals surface area contributed by atoms with Crippen molar-refractivity contribution in [1.29, 1.82) is 0 Å². The van der Waals surface area contributed by atoms with Crippen LogP contribution in [0.1, 0.15) is 23.3 Å². The Morgan fingerprint density at radius 3 is 2.21 bits per heavy atom. The van der Waals surface area contributed by atoms with Crippen molar-refractivity contribution in [3.63, 3.8) is 0 Å². The van der Waals surface area contributed by atoms with Gasteiger partial charge in [-0.2, -0.15) is 0 Å². The fraction of sp³-hybridized carbons (Fsp3) is 0.471. The molecule has 0 saturated carbocycles. The monoisotopic (exact) mass is 670 g/mol. The van der Waals surface area contributed by atoms with Crippen LogP contribution < -0.4 is 47.4 Å². The average molecular weight is 671 g/mol. The highest BCUT2D eigenvalue weighted by Gasteiger charge is 2.61. The van der Waals surface area contributed by atoms with Gasteiger partial charge in [-0.3, -0.25) is 0 Å². The van der Waals surface area contributed by atoms with Gasteiger partial charge in [0.2, 0.25) is 30.3 Å². The van der Waals surface area contributed by atoms with Crippen molar-refractivity contribution >= 4 is 0 Å². The molecule has 0 bridgehead atoms. The minimum atomic E-state index is -1.54. The maximum absolute atomic E-state index is 12.0. The van der Waals surface area contributed by atoms with E-state index in [1.807, 2.05) is 24.3 Å². The highest BCUT2D eigenvalue weighted by molar-refractivity contribution is 5.66. The molecule has 14 heteroatoms. The van der Waals surface area contributed by atoms with Crippen LogP contribution in [0.15, 0.2) is 36.4 Å². The maximum atomic E-state index is 12.0.